The number of ether oxygens (including phenoxy) is 1. The molecule has 0 N–H and O–H groups in total. The Hall–Kier alpha value is -1.48. The van der Waals surface area contributed by atoms with Gasteiger partial charge in [0.15, 0.2) is 6.61 Å². The van der Waals surface area contributed by atoms with Gasteiger partial charge in [0.25, 0.3) is 0 Å². The van der Waals surface area contributed by atoms with E-state index in [1.54, 1.807) is 12.1 Å². The zero-order chi connectivity index (χ0) is 6.24. The minimum absolute atomic E-state index is 0.00181. The molecule has 0 unspecified atom stereocenters. The lowest BCUT2D eigenvalue weighted by molar-refractivity contribution is 0.295. The largest absolute Gasteiger partial charge is 0.486 e. The van der Waals surface area contributed by atoms with Crippen LogP contribution in [-0.2, 0) is 4.74 Å². The average molecular weight is 108 g/mol. The molecule has 0 saturated carbocycles. The third-order valence-corrected chi connectivity index (χ3v) is 0.387. The number of hydrogen-bond donors (Lipinski definition) is 0. The second kappa shape index (κ2) is 5.52. The highest BCUT2D eigenvalue weighted by Gasteiger charge is 1.69. The number of allylic oxidation sites excluding steroid dienone is 1. The fraction of sp³-hybridized carbons (Fsp3) is 0.200. The standard InChI is InChI=1S/C5H4N2O/c6-2-1-4-8-5-3-7/h1,4H,5H2/b4-1-. The molecule has 0 spiro atoms. The number of hydrogen-bond acceptors (Lipinski definition) is 3. The molecular formula is C5H4N2O. The highest BCUT2D eigenvalue weighted by Crippen LogP contribution is 1.72. The molecular weight excluding hydrogens is 104 g/mol. The van der Waals surface area contributed by atoms with Crippen LogP contribution in [0.25, 0.3) is 0 Å². The number of rotatable bonds is 2. The Balaban J connectivity index is 3.10. The van der Waals surface area contributed by atoms with Crippen molar-refractivity contribution >= 4 is 0 Å². The lowest BCUT2D eigenvalue weighted by Crippen LogP contribution is -1.77. The molecule has 0 aromatic carbocycles. The normalized spacial score (nSPS) is 7.75. The summed E-state index contributed by atoms with van der Waals surface area (Å²) >= 11 is 0. The SMILES string of the molecule is N#C/C=C\OCC#N. The van der Waals surface area contributed by atoms with Crippen LogP contribution in [0.5, 0.6) is 0 Å². The summed E-state index contributed by atoms with van der Waals surface area (Å²) in [7, 11) is 0. The molecule has 3 nitrogen and oxygen atoms in total. The Labute approximate surface area is 47.4 Å². The predicted molar refractivity (Wildman–Crippen MR) is 26.3 cm³/mol. The summed E-state index contributed by atoms with van der Waals surface area (Å²) in [5.41, 5.74) is 0. The van der Waals surface area contributed by atoms with Crippen molar-refractivity contribution in [2.75, 3.05) is 6.61 Å². The molecule has 0 aliphatic carbocycles. The van der Waals surface area contributed by atoms with E-state index < -0.39 is 0 Å². The van der Waals surface area contributed by atoms with Crippen molar-refractivity contribution in [3.8, 4) is 12.1 Å². The Kier molecular flexibility index (Phi) is 4.50. The summed E-state index contributed by atoms with van der Waals surface area (Å²) in [5, 5.41) is 15.7. The van der Waals surface area contributed by atoms with Crippen molar-refractivity contribution in [3.63, 3.8) is 0 Å². The molecule has 0 saturated heterocycles. The summed E-state index contributed by atoms with van der Waals surface area (Å²) < 4.78 is 4.46. The topological polar surface area (TPSA) is 56.8 Å². The Bertz CT molecular complexity index is 149. The van der Waals surface area contributed by atoms with Gasteiger partial charge in [-0.3, -0.25) is 0 Å². The fourth-order valence-electron chi connectivity index (χ4n) is 0.164. The van der Waals surface area contributed by atoms with E-state index in [0.717, 1.165) is 6.08 Å². The monoisotopic (exact) mass is 108 g/mol. The first-order chi connectivity index (χ1) is 3.91. The molecule has 0 aromatic heterocycles. The van der Waals surface area contributed by atoms with Crippen LogP contribution in [0.15, 0.2) is 12.3 Å². The Morgan fingerprint density at radius 3 is 2.75 bits per heavy atom. The average Bonchev–Trinajstić information content (AvgIpc) is 1.81. The van der Waals surface area contributed by atoms with Crippen LogP contribution >= 0.6 is 0 Å². The first kappa shape index (κ1) is 6.52. The molecule has 0 radical (unpaired) electrons. The van der Waals surface area contributed by atoms with E-state index in [4.69, 9.17) is 10.5 Å². The smallest absolute Gasteiger partial charge is 0.173 e. The van der Waals surface area contributed by atoms with Crippen LogP contribution in [0.3, 0.4) is 0 Å². The molecule has 0 aromatic rings. The molecule has 0 fully saturated rings. The van der Waals surface area contributed by atoms with Gasteiger partial charge in [-0.25, -0.2) is 0 Å². The summed E-state index contributed by atoms with van der Waals surface area (Å²) in [6, 6.07) is 3.46. The zero-order valence-electron chi connectivity index (χ0n) is 4.16. The number of nitrogens with zero attached hydrogens (tertiary/aromatic N) is 2. The van der Waals surface area contributed by atoms with E-state index in [-0.39, 0.29) is 6.61 Å². The van der Waals surface area contributed by atoms with E-state index >= 15 is 0 Å². The van der Waals surface area contributed by atoms with Crippen molar-refractivity contribution in [1.82, 2.24) is 0 Å². The Morgan fingerprint density at radius 1 is 1.50 bits per heavy atom. The highest BCUT2D eigenvalue weighted by molar-refractivity contribution is 4.97. The fourth-order valence-corrected chi connectivity index (χ4v) is 0.164. The van der Waals surface area contributed by atoms with Crippen molar-refractivity contribution in [3.05, 3.63) is 12.3 Å². The zero-order valence-corrected chi connectivity index (χ0v) is 4.16. The van der Waals surface area contributed by atoms with E-state index in [1.165, 1.54) is 6.26 Å². The minimum atomic E-state index is -0.00181. The molecule has 0 atom stereocenters. The maximum absolute atomic E-state index is 7.87. The van der Waals surface area contributed by atoms with Crippen molar-refractivity contribution in [1.29, 1.82) is 10.5 Å². The summed E-state index contributed by atoms with van der Waals surface area (Å²) in [5.74, 6) is 0. The predicted octanol–water partition coefficient (Wildman–Crippen LogP) is 0.564. The van der Waals surface area contributed by atoms with E-state index in [2.05, 4.69) is 4.74 Å². The van der Waals surface area contributed by atoms with Gasteiger partial charge >= 0.3 is 0 Å². The number of nitriles is 2. The second-order valence-electron chi connectivity index (χ2n) is 0.901. The lowest BCUT2D eigenvalue weighted by Gasteiger charge is -1.83. The van der Waals surface area contributed by atoms with Crippen molar-refractivity contribution in [2.24, 2.45) is 0 Å². The molecule has 3 heteroatoms. The van der Waals surface area contributed by atoms with Gasteiger partial charge in [0.1, 0.15) is 6.07 Å². The van der Waals surface area contributed by atoms with Crippen molar-refractivity contribution in [2.45, 2.75) is 0 Å². The molecule has 0 aliphatic rings. The summed E-state index contributed by atoms with van der Waals surface area (Å²) in [6.07, 6.45) is 2.35. The van der Waals surface area contributed by atoms with Gasteiger partial charge in [-0.2, -0.15) is 10.5 Å². The van der Waals surface area contributed by atoms with E-state index in [9.17, 15) is 0 Å². The van der Waals surface area contributed by atoms with Crippen LogP contribution in [0.1, 0.15) is 0 Å². The van der Waals surface area contributed by atoms with E-state index in [0.29, 0.717) is 0 Å². The van der Waals surface area contributed by atoms with Crippen LogP contribution in [-0.4, -0.2) is 6.61 Å². The lowest BCUT2D eigenvalue weighted by atomic mass is 10.7. The summed E-state index contributed by atoms with van der Waals surface area (Å²) in [6.45, 7) is -0.00181. The first-order valence-corrected chi connectivity index (χ1v) is 1.95. The third-order valence-electron chi connectivity index (χ3n) is 0.387. The first-order valence-electron chi connectivity index (χ1n) is 1.95. The van der Waals surface area contributed by atoms with Gasteiger partial charge in [-0.05, 0) is 0 Å². The molecule has 0 bridgehead atoms. The van der Waals surface area contributed by atoms with Crippen LogP contribution < -0.4 is 0 Å². The van der Waals surface area contributed by atoms with Crippen LogP contribution in [0.2, 0.25) is 0 Å². The molecule has 40 valence electrons. The maximum Gasteiger partial charge on any atom is 0.173 e. The molecule has 0 aliphatic heterocycles. The maximum atomic E-state index is 7.87. The molecule has 0 rings (SSSR count). The van der Waals surface area contributed by atoms with E-state index in [1.807, 2.05) is 0 Å². The quantitative estimate of drug-likeness (QED) is 0.295. The van der Waals surface area contributed by atoms with Crippen LogP contribution in [0.4, 0.5) is 0 Å². The highest BCUT2D eigenvalue weighted by atomic mass is 16.5. The van der Waals surface area contributed by atoms with Gasteiger partial charge in [-0.15, -0.1) is 0 Å². The van der Waals surface area contributed by atoms with Gasteiger partial charge < -0.3 is 4.74 Å². The van der Waals surface area contributed by atoms with Gasteiger partial charge in [0.2, 0.25) is 0 Å². The Morgan fingerprint density at radius 2 is 2.25 bits per heavy atom. The van der Waals surface area contributed by atoms with Gasteiger partial charge in [-0.1, -0.05) is 0 Å². The molecule has 0 amide bonds. The second-order valence-corrected chi connectivity index (χ2v) is 0.901. The van der Waals surface area contributed by atoms with Gasteiger partial charge in [0, 0.05) is 0 Å². The van der Waals surface area contributed by atoms with Gasteiger partial charge in [0.05, 0.1) is 18.4 Å². The summed E-state index contributed by atoms with van der Waals surface area (Å²) in [4.78, 5) is 0. The molecule has 8 heavy (non-hydrogen) atoms. The molecule has 0 heterocycles. The van der Waals surface area contributed by atoms with Crippen LogP contribution in [0, 0.1) is 22.7 Å². The minimum Gasteiger partial charge on any atom is -0.486 e. The third kappa shape index (κ3) is 4.52. The van der Waals surface area contributed by atoms with Crippen molar-refractivity contribution < 1.29 is 4.74 Å².